The SMILES string of the molecule is CC(O)C1CCC2C3CC[C@H]4CC(O)CCC4(C)C3CCC12C. The first-order chi connectivity index (χ1) is 10.9. The van der Waals surface area contributed by atoms with Crippen LogP contribution >= 0.6 is 0 Å². The van der Waals surface area contributed by atoms with Crippen LogP contribution in [0.3, 0.4) is 0 Å². The van der Waals surface area contributed by atoms with Crippen molar-refractivity contribution in [1.29, 1.82) is 0 Å². The van der Waals surface area contributed by atoms with E-state index in [1.165, 1.54) is 44.9 Å². The van der Waals surface area contributed by atoms with Crippen LogP contribution in [0.5, 0.6) is 0 Å². The normalized spacial score (nSPS) is 57.3. The molecule has 23 heavy (non-hydrogen) atoms. The summed E-state index contributed by atoms with van der Waals surface area (Å²) in [6.07, 6.45) is 11.1. The molecule has 4 aliphatic rings. The summed E-state index contributed by atoms with van der Waals surface area (Å²) in [6.45, 7) is 7.08. The van der Waals surface area contributed by atoms with Gasteiger partial charge >= 0.3 is 0 Å². The molecule has 2 heteroatoms. The largest absolute Gasteiger partial charge is 0.393 e. The Labute approximate surface area is 142 Å². The number of hydrogen-bond donors (Lipinski definition) is 2. The first-order valence-corrected chi connectivity index (χ1v) is 10.2. The van der Waals surface area contributed by atoms with E-state index in [0.717, 1.165) is 36.5 Å². The van der Waals surface area contributed by atoms with Gasteiger partial charge in [0.05, 0.1) is 12.2 Å². The fraction of sp³-hybridized carbons (Fsp3) is 1.00. The number of aliphatic hydroxyl groups is 2. The standard InChI is InChI=1S/C21H36O2/c1-13(22)17-6-7-18-16-5-4-14-12-15(23)8-10-20(14,2)19(16)9-11-21(17,18)3/h13-19,22-23H,4-12H2,1-3H3/t13?,14-,15?,16?,17?,18?,19?,20?,21?/m0/s1. The molecule has 0 aromatic carbocycles. The Balaban J connectivity index is 1.60. The predicted octanol–water partition coefficient (Wildman–Crippen LogP) is 4.39. The molecule has 4 rings (SSSR count). The molecule has 0 spiro atoms. The van der Waals surface area contributed by atoms with Crippen LogP contribution in [0.2, 0.25) is 0 Å². The lowest BCUT2D eigenvalue weighted by Crippen LogP contribution is -2.54. The Kier molecular flexibility index (Phi) is 3.89. The molecule has 0 radical (unpaired) electrons. The van der Waals surface area contributed by atoms with Crippen molar-refractivity contribution in [3.8, 4) is 0 Å². The van der Waals surface area contributed by atoms with Gasteiger partial charge in [-0.1, -0.05) is 13.8 Å². The smallest absolute Gasteiger partial charge is 0.0545 e. The number of aliphatic hydroxyl groups excluding tert-OH is 2. The Morgan fingerprint density at radius 3 is 2.30 bits per heavy atom. The molecule has 0 aromatic rings. The van der Waals surface area contributed by atoms with E-state index in [1.54, 1.807) is 0 Å². The van der Waals surface area contributed by atoms with Gasteiger partial charge in [0, 0.05) is 0 Å². The summed E-state index contributed by atoms with van der Waals surface area (Å²) < 4.78 is 0. The second-order valence-corrected chi connectivity index (χ2v) is 10.1. The van der Waals surface area contributed by atoms with E-state index in [1.807, 2.05) is 6.92 Å². The van der Waals surface area contributed by atoms with Gasteiger partial charge in [0.15, 0.2) is 0 Å². The van der Waals surface area contributed by atoms with Crippen molar-refractivity contribution in [2.45, 2.75) is 90.8 Å². The van der Waals surface area contributed by atoms with Crippen LogP contribution < -0.4 is 0 Å². The average molecular weight is 321 g/mol. The van der Waals surface area contributed by atoms with Crippen molar-refractivity contribution < 1.29 is 10.2 Å². The Hall–Kier alpha value is -0.0800. The molecule has 132 valence electrons. The summed E-state index contributed by atoms with van der Waals surface area (Å²) in [5.74, 6) is 3.87. The number of fused-ring (bicyclic) bond motifs is 5. The summed E-state index contributed by atoms with van der Waals surface area (Å²) in [4.78, 5) is 0. The van der Waals surface area contributed by atoms with Gasteiger partial charge in [0.25, 0.3) is 0 Å². The van der Waals surface area contributed by atoms with Crippen molar-refractivity contribution in [2.24, 2.45) is 40.4 Å². The number of rotatable bonds is 1. The highest BCUT2D eigenvalue weighted by molar-refractivity contribution is 5.09. The summed E-state index contributed by atoms with van der Waals surface area (Å²) in [5, 5.41) is 20.4. The van der Waals surface area contributed by atoms with Gasteiger partial charge in [-0.15, -0.1) is 0 Å². The lowest BCUT2D eigenvalue weighted by atomic mass is 9.44. The van der Waals surface area contributed by atoms with Crippen LogP contribution in [-0.4, -0.2) is 22.4 Å². The van der Waals surface area contributed by atoms with E-state index >= 15 is 0 Å². The molecular formula is C21H36O2. The molecule has 8 unspecified atom stereocenters. The Morgan fingerprint density at radius 1 is 0.870 bits per heavy atom. The zero-order valence-corrected chi connectivity index (χ0v) is 15.3. The predicted molar refractivity (Wildman–Crippen MR) is 92.9 cm³/mol. The zero-order chi connectivity index (χ0) is 16.4. The maximum Gasteiger partial charge on any atom is 0.0545 e. The van der Waals surface area contributed by atoms with Gasteiger partial charge in [-0.05, 0) is 105 Å². The molecule has 0 heterocycles. The van der Waals surface area contributed by atoms with Gasteiger partial charge in [-0.25, -0.2) is 0 Å². The van der Waals surface area contributed by atoms with E-state index in [-0.39, 0.29) is 12.2 Å². The van der Waals surface area contributed by atoms with Crippen LogP contribution in [0, 0.1) is 40.4 Å². The topological polar surface area (TPSA) is 40.5 Å². The van der Waals surface area contributed by atoms with Crippen molar-refractivity contribution in [3.63, 3.8) is 0 Å². The van der Waals surface area contributed by atoms with Gasteiger partial charge in [-0.3, -0.25) is 0 Å². The summed E-state index contributed by atoms with van der Waals surface area (Å²) >= 11 is 0. The lowest BCUT2D eigenvalue weighted by molar-refractivity contribution is -0.132. The molecule has 0 saturated heterocycles. The second kappa shape index (κ2) is 5.46. The van der Waals surface area contributed by atoms with E-state index in [4.69, 9.17) is 0 Å². The first-order valence-electron chi connectivity index (χ1n) is 10.2. The third kappa shape index (κ3) is 2.27. The lowest BCUT2D eigenvalue weighted by Gasteiger charge is -2.61. The van der Waals surface area contributed by atoms with E-state index in [0.29, 0.717) is 16.7 Å². The second-order valence-electron chi connectivity index (χ2n) is 10.1. The van der Waals surface area contributed by atoms with Gasteiger partial charge in [0.2, 0.25) is 0 Å². The van der Waals surface area contributed by atoms with E-state index < -0.39 is 0 Å². The Bertz CT molecular complexity index is 461. The zero-order valence-electron chi connectivity index (χ0n) is 15.3. The highest BCUT2D eigenvalue weighted by Gasteiger charge is 2.60. The molecule has 9 atom stereocenters. The van der Waals surface area contributed by atoms with Crippen LogP contribution in [0.1, 0.15) is 78.6 Å². The van der Waals surface area contributed by atoms with Crippen LogP contribution in [-0.2, 0) is 0 Å². The van der Waals surface area contributed by atoms with Gasteiger partial charge in [0.1, 0.15) is 0 Å². The van der Waals surface area contributed by atoms with Crippen molar-refractivity contribution in [1.82, 2.24) is 0 Å². The monoisotopic (exact) mass is 320 g/mol. The molecule has 0 amide bonds. The maximum atomic E-state index is 10.3. The molecule has 0 aliphatic heterocycles. The third-order valence-electron chi connectivity index (χ3n) is 9.29. The van der Waals surface area contributed by atoms with Gasteiger partial charge in [-0.2, -0.15) is 0 Å². The van der Waals surface area contributed by atoms with Crippen LogP contribution in [0.25, 0.3) is 0 Å². The Morgan fingerprint density at radius 2 is 1.57 bits per heavy atom. The molecule has 0 bridgehead atoms. The molecule has 4 fully saturated rings. The molecule has 0 aromatic heterocycles. The highest BCUT2D eigenvalue weighted by Crippen LogP contribution is 2.67. The minimum absolute atomic E-state index is 0.0374. The molecular weight excluding hydrogens is 284 g/mol. The highest BCUT2D eigenvalue weighted by atomic mass is 16.3. The summed E-state index contributed by atoms with van der Waals surface area (Å²) in [5.41, 5.74) is 0.860. The van der Waals surface area contributed by atoms with Crippen LogP contribution in [0.4, 0.5) is 0 Å². The van der Waals surface area contributed by atoms with Gasteiger partial charge < -0.3 is 10.2 Å². The molecule has 4 saturated carbocycles. The molecule has 4 aliphatic carbocycles. The minimum atomic E-state index is -0.140. The van der Waals surface area contributed by atoms with Crippen molar-refractivity contribution >= 4 is 0 Å². The van der Waals surface area contributed by atoms with Crippen molar-refractivity contribution in [3.05, 3.63) is 0 Å². The van der Waals surface area contributed by atoms with E-state index in [9.17, 15) is 10.2 Å². The first kappa shape index (κ1) is 16.4. The fourth-order valence-corrected chi connectivity index (χ4v) is 8.07. The molecule has 2 N–H and O–H groups in total. The quantitative estimate of drug-likeness (QED) is 0.752. The third-order valence-corrected chi connectivity index (χ3v) is 9.29. The average Bonchev–Trinajstić information content (AvgIpc) is 2.85. The van der Waals surface area contributed by atoms with Crippen LogP contribution in [0.15, 0.2) is 0 Å². The van der Waals surface area contributed by atoms with Crippen molar-refractivity contribution in [2.75, 3.05) is 0 Å². The number of hydrogen-bond acceptors (Lipinski definition) is 2. The molecule has 2 nitrogen and oxygen atoms in total. The van der Waals surface area contributed by atoms with E-state index in [2.05, 4.69) is 13.8 Å². The summed E-state index contributed by atoms with van der Waals surface area (Å²) in [7, 11) is 0. The summed E-state index contributed by atoms with van der Waals surface area (Å²) in [6, 6.07) is 0. The fourth-order valence-electron chi connectivity index (χ4n) is 8.07. The maximum absolute atomic E-state index is 10.3. The minimum Gasteiger partial charge on any atom is -0.393 e.